The van der Waals surface area contributed by atoms with Gasteiger partial charge in [0, 0.05) is 38.7 Å². The second-order valence-corrected chi connectivity index (χ2v) is 6.62. The molecule has 0 fully saturated rings. The summed E-state index contributed by atoms with van der Waals surface area (Å²) in [5, 5.41) is 13.2. The van der Waals surface area contributed by atoms with Gasteiger partial charge in [-0.25, -0.2) is 0 Å². The van der Waals surface area contributed by atoms with Gasteiger partial charge in [0.2, 0.25) is 0 Å². The summed E-state index contributed by atoms with van der Waals surface area (Å²) in [5.74, 6) is 1.22. The van der Waals surface area contributed by atoms with Crippen LogP contribution < -0.4 is 14.8 Å². The van der Waals surface area contributed by atoms with Crippen LogP contribution in [0, 0.1) is 0 Å². The Balaban J connectivity index is 2.28. The van der Waals surface area contributed by atoms with E-state index in [1.165, 1.54) is 0 Å². The Hall–Kier alpha value is -0.980. The van der Waals surface area contributed by atoms with E-state index < -0.39 is 0 Å². The van der Waals surface area contributed by atoms with Crippen LogP contribution in [0.4, 0.5) is 0 Å². The summed E-state index contributed by atoms with van der Waals surface area (Å²) in [6.45, 7) is 1.29. The number of hydrogen-bond donors (Lipinski definition) is 2. The third-order valence-electron chi connectivity index (χ3n) is 3.40. The number of aliphatic hydroxyl groups excluding tert-OH is 1. The van der Waals surface area contributed by atoms with Gasteiger partial charge >= 0.3 is 0 Å². The topological polar surface area (TPSA) is 50.7 Å². The Labute approximate surface area is 159 Å². The first-order chi connectivity index (χ1) is 11.6. The molecule has 7 heteroatoms. The van der Waals surface area contributed by atoms with Gasteiger partial charge < -0.3 is 19.9 Å². The molecule has 0 spiro atoms. The summed E-state index contributed by atoms with van der Waals surface area (Å²) in [5.41, 5.74) is 1.61. The highest BCUT2D eigenvalue weighted by molar-refractivity contribution is 9.10. The molecule has 0 aromatic heterocycles. The number of methoxy groups -OCH3 is 1. The molecule has 0 amide bonds. The third kappa shape index (κ3) is 4.77. The number of halogens is 3. The zero-order chi connectivity index (χ0) is 17.5. The first kappa shape index (κ1) is 19.3. The highest BCUT2D eigenvalue weighted by atomic mass is 79.9. The summed E-state index contributed by atoms with van der Waals surface area (Å²) < 4.78 is 12.3. The van der Waals surface area contributed by atoms with Gasteiger partial charge in [0.15, 0.2) is 11.5 Å². The largest absolute Gasteiger partial charge is 0.493 e. The molecule has 2 N–H and O–H groups in total. The monoisotopic (exact) mass is 433 g/mol. The van der Waals surface area contributed by atoms with E-state index in [4.69, 9.17) is 37.8 Å². The molecule has 0 heterocycles. The molecular formula is C17H18BrCl2NO3. The number of hydrogen-bond acceptors (Lipinski definition) is 4. The van der Waals surface area contributed by atoms with Crippen LogP contribution in [-0.2, 0) is 13.2 Å². The number of rotatable bonds is 8. The average molecular weight is 435 g/mol. The van der Waals surface area contributed by atoms with Crippen molar-refractivity contribution in [1.29, 1.82) is 0 Å². The fourth-order valence-corrected chi connectivity index (χ4v) is 3.13. The molecule has 2 aromatic rings. The van der Waals surface area contributed by atoms with E-state index in [0.29, 0.717) is 34.6 Å². The van der Waals surface area contributed by atoms with Crippen LogP contribution in [-0.4, -0.2) is 25.4 Å². The van der Waals surface area contributed by atoms with E-state index in [1.54, 1.807) is 25.3 Å². The van der Waals surface area contributed by atoms with Crippen molar-refractivity contribution in [3.05, 3.63) is 56.0 Å². The van der Waals surface area contributed by atoms with Gasteiger partial charge in [0.25, 0.3) is 0 Å². The normalized spacial score (nSPS) is 10.7. The molecule has 0 aliphatic rings. The lowest BCUT2D eigenvalue weighted by Crippen LogP contribution is -2.18. The van der Waals surface area contributed by atoms with Gasteiger partial charge in [0.05, 0.1) is 13.7 Å². The van der Waals surface area contributed by atoms with E-state index in [9.17, 15) is 0 Å². The maximum atomic E-state index is 8.94. The molecule has 0 atom stereocenters. The minimum atomic E-state index is 0.0625. The molecule has 130 valence electrons. The van der Waals surface area contributed by atoms with E-state index in [2.05, 4.69) is 21.2 Å². The average Bonchev–Trinajstić information content (AvgIpc) is 2.56. The van der Waals surface area contributed by atoms with Crippen LogP contribution in [0.3, 0.4) is 0 Å². The van der Waals surface area contributed by atoms with Crippen molar-refractivity contribution in [3.8, 4) is 11.5 Å². The summed E-state index contributed by atoms with van der Waals surface area (Å²) in [7, 11) is 1.59. The Morgan fingerprint density at radius 3 is 2.46 bits per heavy atom. The molecule has 2 aromatic carbocycles. The van der Waals surface area contributed by atoms with Crippen LogP contribution in [0.15, 0.2) is 34.8 Å². The first-order valence-electron chi connectivity index (χ1n) is 7.31. The second kappa shape index (κ2) is 9.49. The van der Waals surface area contributed by atoms with Crippen LogP contribution in [0.25, 0.3) is 0 Å². The number of nitrogens with one attached hydrogen (secondary N) is 1. The molecule has 24 heavy (non-hydrogen) atoms. The highest BCUT2D eigenvalue weighted by Crippen LogP contribution is 2.37. The highest BCUT2D eigenvalue weighted by Gasteiger charge is 2.16. The van der Waals surface area contributed by atoms with E-state index >= 15 is 0 Å². The van der Waals surface area contributed by atoms with Gasteiger partial charge in [0.1, 0.15) is 6.61 Å². The molecule has 0 aliphatic carbocycles. The number of ether oxygens (including phenoxy) is 2. The molecule has 2 rings (SSSR count). The van der Waals surface area contributed by atoms with Gasteiger partial charge in [-0.1, -0.05) is 45.2 Å². The lowest BCUT2D eigenvalue weighted by molar-refractivity contribution is 0.277. The summed E-state index contributed by atoms with van der Waals surface area (Å²) >= 11 is 15.9. The lowest BCUT2D eigenvalue weighted by atomic mass is 10.1. The fraction of sp³-hybridized carbons (Fsp3) is 0.294. The van der Waals surface area contributed by atoms with Gasteiger partial charge in [-0.3, -0.25) is 0 Å². The molecule has 4 nitrogen and oxygen atoms in total. The minimum absolute atomic E-state index is 0.0625. The smallest absolute Gasteiger partial charge is 0.167 e. The Morgan fingerprint density at radius 1 is 1.12 bits per heavy atom. The van der Waals surface area contributed by atoms with Crippen molar-refractivity contribution in [2.75, 3.05) is 20.3 Å². The van der Waals surface area contributed by atoms with Crippen LogP contribution in [0.5, 0.6) is 11.5 Å². The van der Waals surface area contributed by atoms with E-state index in [-0.39, 0.29) is 13.2 Å². The Kier molecular flexibility index (Phi) is 7.65. The Bertz CT molecular complexity index is 678. The van der Waals surface area contributed by atoms with Crippen molar-refractivity contribution in [2.45, 2.75) is 13.2 Å². The molecule has 0 unspecified atom stereocenters. The van der Waals surface area contributed by atoms with E-state index in [1.807, 2.05) is 12.1 Å². The predicted molar refractivity (Wildman–Crippen MR) is 100 cm³/mol. The zero-order valence-electron chi connectivity index (χ0n) is 13.1. The zero-order valence-corrected chi connectivity index (χ0v) is 16.2. The molecule has 0 aliphatic heterocycles. The summed E-state index contributed by atoms with van der Waals surface area (Å²) in [6, 6.07) is 9.05. The molecule has 0 saturated carbocycles. The maximum absolute atomic E-state index is 8.94. The molecule has 0 saturated heterocycles. The van der Waals surface area contributed by atoms with Gasteiger partial charge in [-0.05, 0) is 24.3 Å². The van der Waals surface area contributed by atoms with Crippen molar-refractivity contribution >= 4 is 39.1 Å². The fourth-order valence-electron chi connectivity index (χ4n) is 2.17. The SMILES string of the molecule is COc1ccc(Br)c(CNCCO)c1OCc1c(Cl)cccc1Cl. The maximum Gasteiger partial charge on any atom is 0.167 e. The van der Waals surface area contributed by atoms with Crippen LogP contribution in [0.1, 0.15) is 11.1 Å². The van der Waals surface area contributed by atoms with E-state index in [0.717, 1.165) is 15.6 Å². The third-order valence-corrected chi connectivity index (χ3v) is 4.85. The molecule has 0 radical (unpaired) electrons. The molecular weight excluding hydrogens is 417 g/mol. The summed E-state index contributed by atoms with van der Waals surface area (Å²) in [4.78, 5) is 0. The van der Waals surface area contributed by atoms with Crippen molar-refractivity contribution < 1.29 is 14.6 Å². The standard InChI is InChI=1S/C17H18BrCl2NO3/c1-23-16-6-5-13(18)11(9-21-7-8-22)17(16)24-10-12-14(19)3-2-4-15(12)20/h2-6,21-22H,7-10H2,1H3. The molecule has 0 bridgehead atoms. The quantitative estimate of drug-likeness (QED) is 0.603. The van der Waals surface area contributed by atoms with Crippen molar-refractivity contribution in [2.24, 2.45) is 0 Å². The predicted octanol–water partition coefficient (Wildman–Crippen LogP) is 4.43. The van der Waals surface area contributed by atoms with Crippen LogP contribution in [0.2, 0.25) is 10.0 Å². The second-order valence-electron chi connectivity index (χ2n) is 4.95. The van der Waals surface area contributed by atoms with Crippen molar-refractivity contribution in [1.82, 2.24) is 5.32 Å². The van der Waals surface area contributed by atoms with Crippen LogP contribution >= 0.6 is 39.1 Å². The first-order valence-corrected chi connectivity index (χ1v) is 8.86. The Morgan fingerprint density at radius 2 is 1.83 bits per heavy atom. The van der Waals surface area contributed by atoms with Gasteiger partial charge in [-0.15, -0.1) is 0 Å². The van der Waals surface area contributed by atoms with Crippen molar-refractivity contribution in [3.63, 3.8) is 0 Å². The van der Waals surface area contributed by atoms with Gasteiger partial charge in [-0.2, -0.15) is 0 Å². The number of benzene rings is 2. The lowest BCUT2D eigenvalue weighted by Gasteiger charge is -2.18. The number of aliphatic hydroxyl groups is 1. The minimum Gasteiger partial charge on any atom is -0.493 e. The summed E-state index contributed by atoms with van der Waals surface area (Å²) in [6.07, 6.45) is 0.